The van der Waals surface area contributed by atoms with Gasteiger partial charge in [0.2, 0.25) is 0 Å². The maximum atomic E-state index is 12.9. The molecule has 2 aliphatic heterocycles. The Balaban J connectivity index is 1.26. The third-order valence-electron chi connectivity index (χ3n) is 6.54. The summed E-state index contributed by atoms with van der Waals surface area (Å²) in [4.78, 5) is 14.3. The predicted octanol–water partition coefficient (Wildman–Crippen LogP) is 2.37. The molecule has 1 fully saturated rings. The first kappa shape index (κ1) is 18.5. The van der Waals surface area contributed by atoms with Gasteiger partial charge in [0.1, 0.15) is 19.3 Å². The van der Waals surface area contributed by atoms with Gasteiger partial charge in [-0.1, -0.05) is 24.3 Å². The lowest BCUT2D eigenvalue weighted by Crippen LogP contribution is -3.11. The molecule has 2 aromatic rings. The number of aryl methyl sites for hydroxylation is 1. The molecule has 3 atom stereocenters. The van der Waals surface area contributed by atoms with Gasteiger partial charge in [0.25, 0.3) is 5.91 Å². The zero-order valence-corrected chi connectivity index (χ0v) is 16.8. The van der Waals surface area contributed by atoms with Crippen LogP contribution >= 0.6 is 0 Å². The van der Waals surface area contributed by atoms with Gasteiger partial charge in [-0.15, -0.1) is 0 Å². The monoisotopic (exact) mass is 393 g/mol. The van der Waals surface area contributed by atoms with Crippen LogP contribution in [-0.4, -0.2) is 32.2 Å². The Bertz CT molecular complexity index is 897. The van der Waals surface area contributed by atoms with Crippen molar-refractivity contribution in [2.75, 3.05) is 26.3 Å². The highest BCUT2D eigenvalue weighted by Gasteiger charge is 2.33. The average Bonchev–Trinajstić information content (AvgIpc) is 3.21. The Labute approximate surface area is 172 Å². The smallest absolute Gasteiger partial charge is 0.275 e. The maximum Gasteiger partial charge on any atom is 0.275 e. The van der Waals surface area contributed by atoms with E-state index in [0.717, 1.165) is 50.1 Å². The summed E-state index contributed by atoms with van der Waals surface area (Å²) < 4.78 is 11.4. The van der Waals surface area contributed by atoms with Crippen LogP contribution in [0.2, 0.25) is 0 Å². The highest BCUT2D eigenvalue weighted by molar-refractivity contribution is 5.77. The van der Waals surface area contributed by atoms with Gasteiger partial charge in [-0.2, -0.15) is 0 Å². The summed E-state index contributed by atoms with van der Waals surface area (Å²) in [5.74, 6) is 1.82. The zero-order valence-electron chi connectivity index (χ0n) is 16.8. The van der Waals surface area contributed by atoms with Gasteiger partial charge in [-0.05, 0) is 48.6 Å². The molecule has 1 amide bonds. The van der Waals surface area contributed by atoms with Crippen molar-refractivity contribution in [2.24, 2.45) is 0 Å². The standard InChI is InChI=1S/C24H28N2O3/c27-24(25-20-8-3-6-17-5-1-2-7-19(17)20)16-26-12-4-9-21(26)18-10-11-22-23(15-18)29-14-13-28-22/h1-2,5,7,10-11,15,20-21H,3-4,6,8-9,12-14,16H2,(H,25,27)/p+1/t20-,21+/m0/s1. The molecule has 29 heavy (non-hydrogen) atoms. The van der Waals surface area contributed by atoms with E-state index in [1.54, 1.807) is 0 Å². The average molecular weight is 394 g/mol. The molecule has 2 heterocycles. The molecule has 3 aliphatic rings. The minimum Gasteiger partial charge on any atom is -0.486 e. The molecule has 1 unspecified atom stereocenters. The van der Waals surface area contributed by atoms with Crippen LogP contribution in [0.15, 0.2) is 42.5 Å². The number of hydrogen-bond acceptors (Lipinski definition) is 3. The molecule has 1 saturated heterocycles. The quantitative estimate of drug-likeness (QED) is 0.839. The zero-order chi connectivity index (χ0) is 19.6. The van der Waals surface area contributed by atoms with E-state index >= 15 is 0 Å². The fraction of sp³-hybridized carbons (Fsp3) is 0.458. The molecule has 5 heteroatoms. The topological polar surface area (TPSA) is 52.0 Å². The number of carbonyl (C=O) groups excluding carboxylic acids is 1. The van der Waals surface area contributed by atoms with Gasteiger partial charge in [0, 0.05) is 18.4 Å². The van der Waals surface area contributed by atoms with Gasteiger partial charge in [-0.25, -0.2) is 0 Å². The Morgan fingerprint density at radius 2 is 1.90 bits per heavy atom. The molecular weight excluding hydrogens is 364 g/mol. The number of ether oxygens (including phenoxy) is 2. The highest BCUT2D eigenvalue weighted by atomic mass is 16.6. The van der Waals surface area contributed by atoms with Crippen LogP contribution in [0.1, 0.15) is 54.5 Å². The van der Waals surface area contributed by atoms with E-state index in [1.165, 1.54) is 21.6 Å². The lowest BCUT2D eigenvalue weighted by atomic mass is 9.88. The molecule has 0 spiro atoms. The number of likely N-dealkylation sites (tertiary alicyclic amines) is 1. The largest absolute Gasteiger partial charge is 0.486 e. The second-order valence-corrected chi connectivity index (χ2v) is 8.39. The van der Waals surface area contributed by atoms with Crippen LogP contribution in [0.5, 0.6) is 11.5 Å². The fourth-order valence-electron chi connectivity index (χ4n) is 5.16. The molecule has 2 N–H and O–H groups in total. The first-order chi connectivity index (χ1) is 14.3. The SMILES string of the molecule is O=C(C[NH+]1CCC[C@@H]1c1ccc2c(c1)OCCO2)N[C@H]1CCCc2ccccc21. The minimum atomic E-state index is 0.155. The summed E-state index contributed by atoms with van der Waals surface area (Å²) in [5, 5.41) is 3.32. The fourth-order valence-corrected chi connectivity index (χ4v) is 5.16. The van der Waals surface area contributed by atoms with Gasteiger partial charge >= 0.3 is 0 Å². The Kier molecular flexibility index (Phi) is 5.15. The van der Waals surface area contributed by atoms with Crippen molar-refractivity contribution in [3.05, 3.63) is 59.2 Å². The van der Waals surface area contributed by atoms with Crippen LogP contribution in [0.4, 0.5) is 0 Å². The van der Waals surface area contributed by atoms with E-state index in [-0.39, 0.29) is 11.9 Å². The van der Waals surface area contributed by atoms with Crippen molar-refractivity contribution in [3.8, 4) is 11.5 Å². The Morgan fingerprint density at radius 1 is 1.03 bits per heavy atom. The highest BCUT2D eigenvalue weighted by Crippen LogP contribution is 2.33. The lowest BCUT2D eigenvalue weighted by molar-refractivity contribution is -0.910. The molecule has 0 aromatic heterocycles. The number of quaternary nitrogens is 1. The summed E-state index contributed by atoms with van der Waals surface area (Å²) in [6, 6.07) is 15.3. The van der Waals surface area contributed by atoms with Crippen molar-refractivity contribution < 1.29 is 19.2 Å². The van der Waals surface area contributed by atoms with E-state index in [9.17, 15) is 4.79 Å². The summed E-state index contributed by atoms with van der Waals surface area (Å²) in [6.07, 6.45) is 5.54. The van der Waals surface area contributed by atoms with Crippen molar-refractivity contribution in [1.82, 2.24) is 5.32 Å². The molecule has 0 radical (unpaired) electrons. The first-order valence-electron chi connectivity index (χ1n) is 10.9. The van der Waals surface area contributed by atoms with Crippen molar-refractivity contribution in [2.45, 2.75) is 44.2 Å². The van der Waals surface area contributed by atoms with Gasteiger partial charge < -0.3 is 19.7 Å². The van der Waals surface area contributed by atoms with Crippen LogP contribution in [0.3, 0.4) is 0 Å². The van der Waals surface area contributed by atoms with E-state index in [1.807, 2.05) is 6.07 Å². The number of nitrogens with one attached hydrogen (secondary N) is 2. The van der Waals surface area contributed by atoms with Crippen LogP contribution in [0, 0.1) is 0 Å². The molecule has 0 bridgehead atoms. The molecule has 152 valence electrons. The van der Waals surface area contributed by atoms with Crippen molar-refractivity contribution in [1.29, 1.82) is 0 Å². The molecule has 0 saturated carbocycles. The minimum absolute atomic E-state index is 0.155. The van der Waals surface area contributed by atoms with Crippen molar-refractivity contribution >= 4 is 5.91 Å². The number of benzene rings is 2. The second kappa shape index (κ2) is 8.07. The van der Waals surface area contributed by atoms with E-state index < -0.39 is 0 Å². The Hall–Kier alpha value is -2.53. The van der Waals surface area contributed by atoms with Gasteiger partial charge in [0.15, 0.2) is 18.0 Å². The molecule has 5 rings (SSSR count). The molecule has 2 aromatic carbocycles. The normalized spacial score (nSPS) is 25.3. The summed E-state index contributed by atoms with van der Waals surface area (Å²) >= 11 is 0. The number of fused-ring (bicyclic) bond motifs is 2. The lowest BCUT2D eigenvalue weighted by Gasteiger charge is -2.28. The van der Waals surface area contributed by atoms with Crippen LogP contribution in [-0.2, 0) is 11.2 Å². The van der Waals surface area contributed by atoms with Crippen LogP contribution in [0.25, 0.3) is 0 Å². The van der Waals surface area contributed by atoms with Gasteiger partial charge in [-0.3, -0.25) is 4.79 Å². The number of amides is 1. The first-order valence-corrected chi connectivity index (χ1v) is 10.9. The second-order valence-electron chi connectivity index (χ2n) is 8.39. The maximum absolute atomic E-state index is 12.9. The molecule has 5 nitrogen and oxygen atoms in total. The third-order valence-corrected chi connectivity index (χ3v) is 6.54. The molecular formula is C24H29N2O3+. The number of hydrogen-bond donors (Lipinski definition) is 2. The van der Waals surface area contributed by atoms with Crippen molar-refractivity contribution in [3.63, 3.8) is 0 Å². The number of carbonyl (C=O) groups is 1. The van der Waals surface area contributed by atoms with E-state index in [0.29, 0.717) is 25.8 Å². The van der Waals surface area contributed by atoms with Gasteiger partial charge in [0.05, 0.1) is 12.6 Å². The number of rotatable bonds is 4. The van der Waals surface area contributed by atoms with Crippen LogP contribution < -0.4 is 19.7 Å². The summed E-state index contributed by atoms with van der Waals surface area (Å²) in [5.41, 5.74) is 3.93. The van der Waals surface area contributed by atoms with E-state index in [4.69, 9.17) is 9.47 Å². The predicted molar refractivity (Wildman–Crippen MR) is 110 cm³/mol. The Morgan fingerprint density at radius 3 is 2.83 bits per heavy atom. The summed E-state index contributed by atoms with van der Waals surface area (Å²) in [6.45, 7) is 2.77. The molecule has 1 aliphatic carbocycles. The summed E-state index contributed by atoms with van der Waals surface area (Å²) in [7, 11) is 0. The third kappa shape index (κ3) is 3.84. The van der Waals surface area contributed by atoms with E-state index in [2.05, 4.69) is 41.7 Å².